The normalized spacial score (nSPS) is 11.8. The molecule has 0 aliphatic carbocycles. The number of nitrogens with zero attached hydrogens (tertiary/aromatic N) is 1. The molecule has 154 valence electrons. The summed E-state index contributed by atoms with van der Waals surface area (Å²) in [6.45, 7) is 1.90. The SMILES string of the molecule is CC(NC(=O)c1ccc(Sc2ccccc2)c([N+](=O)[O-])c1)c1ccc2ccccc2c1. The number of carbonyl (C=O) groups is 1. The van der Waals surface area contributed by atoms with Crippen LogP contribution >= 0.6 is 11.8 Å². The standard InChI is InChI=1S/C25H20N2O3S/c1-17(19-12-11-18-7-5-6-8-20(18)15-19)26-25(28)21-13-14-24(23(16-21)27(29)30)31-22-9-3-2-4-10-22/h2-17H,1H3,(H,26,28). The third-order valence-corrected chi connectivity index (χ3v) is 6.08. The highest BCUT2D eigenvalue weighted by Crippen LogP contribution is 2.35. The highest BCUT2D eigenvalue weighted by atomic mass is 32.2. The van der Waals surface area contributed by atoms with Crippen molar-refractivity contribution in [1.82, 2.24) is 5.32 Å². The molecule has 1 unspecified atom stereocenters. The number of nitrogens with one attached hydrogen (secondary N) is 1. The monoisotopic (exact) mass is 428 g/mol. The molecule has 4 rings (SSSR count). The van der Waals surface area contributed by atoms with Gasteiger partial charge in [0.25, 0.3) is 11.6 Å². The number of nitro groups is 1. The topological polar surface area (TPSA) is 72.2 Å². The fourth-order valence-electron chi connectivity index (χ4n) is 3.34. The Morgan fingerprint density at radius 1 is 0.903 bits per heavy atom. The van der Waals surface area contributed by atoms with Crippen molar-refractivity contribution in [2.24, 2.45) is 0 Å². The minimum atomic E-state index is -0.450. The van der Waals surface area contributed by atoms with Crippen LogP contribution in [0.1, 0.15) is 28.9 Å². The van der Waals surface area contributed by atoms with Crippen LogP contribution in [0.2, 0.25) is 0 Å². The summed E-state index contributed by atoms with van der Waals surface area (Å²) in [6.07, 6.45) is 0. The van der Waals surface area contributed by atoms with E-state index in [2.05, 4.69) is 5.32 Å². The van der Waals surface area contributed by atoms with Crippen molar-refractivity contribution < 1.29 is 9.72 Å². The number of hydrogen-bond donors (Lipinski definition) is 1. The zero-order chi connectivity index (χ0) is 21.8. The lowest BCUT2D eigenvalue weighted by Gasteiger charge is -2.15. The van der Waals surface area contributed by atoms with Crippen LogP contribution in [0.5, 0.6) is 0 Å². The van der Waals surface area contributed by atoms with Crippen molar-refractivity contribution in [3.05, 3.63) is 112 Å². The molecule has 1 atom stereocenters. The quantitative estimate of drug-likeness (QED) is 0.285. The molecule has 0 radical (unpaired) electrons. The lowest BCUT2D eigenvalue weighted by Crippen LogP contribution is -2.26. The molecular weight excluding hydrogens is 408 g/mol. The van der Waals surface area contributed by atoms with Gasteiger partial charge in [-0.2, -0.15) is 0 Å². The van der Waals surface area contributed by atoms with E-state index >= 15 is 0 Å². The Labute approximate surface area is 184 Å². The smallest absolute Gasteiger partial charge is 0.284 e. The molecule has 4 aromatic rings. The van der Waals surface area contributed by atoms with Crippen LogP contribution in [0.25, 0.3) is 10.8 Å². The maximum absolute atomic E-state index is 12.8. The highest BCUT2D eigenvalue weighted by molar-refractivity contribution is 7.99. The Kier molecular flexibility index (Phi) is 6.00. The molecule has 0 aliphatic heterocycles. The minimum absolute atomic E-state index is 0.0835. The Bertz CT molecular complexity index is 1260. The third-order valence-electron chi connectivity index (χ3n) is 5.01. The van der Waals surface area contributed by atoms with E-state index in [-0.39, 0.29) is 23.2 Å². The van der Waals surface area contributed by atoms with Crippen molar-refractivity contribution in [2.75, 3.05) is 0 Å². The molecule has 0 aliphatic rings. The first kappa shape index (κ1) is 20.6. The summed E-state index contributed by atoms with van der Waals surface area (Å²) in [5.74, 6) is -0.347. The molecule has 0 aromatic heterocycles. The van der Waals surface area contributed by atoms with E-state index in [0.717, 1.165) is 21.2 Å². The van der Waals surface area contributed by atoms with E-state index in [4.69, 9.17) is 0 Å². The summed E-state index contributed by atoms with van der Waals surface area (Å²) in [4.78, 5) is 25.4. The molecule has 1 N–H and O–H groups in total. The van der Waals surface area contributed by atoms with E-state index in [1.54, 1.807) is 12.1 Å². The number of fused-ring (bicyclic) bond motifs is 1. The number of hydrogen-bond acceptors (Lipinski definition) is 4. The molecule has 0 spiro atoms. The van der Waals surface area contributed by atoms with E-state index in [1.165, 1.54) is 17.8 Å². The summed E-state index contributed by atoms with van der Waals surface area (Å²) >= 11 is 1.30. The minimum Gasteiger partial charge on any atom is -0.346 e. The van der Waals surface area contributed by atoms with Crippen LogP contribution in [0.4, 0.5) is 5.69 Å². The Morgan fingerprint density at radius 3 is 2.35 bits per heavy atom. The molecule has 4 aromatic carbocycles. The molecule has 1 amide bonds. The maximum Gasteiger partial charge on any atom is 0.284 e. The zero-order valence-corrected chi connectivity index (χ0v) is 17.6. The molecule has 0 fully saturated rings. The number of benzene rings is 4. The zero-order valence-electron chi connectivity index (χ0n) is 16.8. The summed E-state index contributed by atoms with van der Waals surface area (Å²) in [6, 6.07) is 27.9. The van der Waals surface area contributed by atoms with E-state index in [0.29, 0.717) is 4.90 Å². The van der Waals surface area contributed by atoms with Crippen LogP contribution in [0.15, 0.2) is 101 Å². The second-order valence-corrected chi connectivity index (χ2v) is 8.27. The van der Waals surface area contributed by atoms with Crippen molar-refractivity contribution in [3.63, 3.8) is 0 Å². The molecule has 0 saturated carbocycles. The van der Waals surface area contributed by atoms with Crippen molar-refractivity contribution in [1.29, 1.82) is 0 Å². The fraction of sp³-hybridized carbons (Fsp3) is 0.0800. The van der Waals surface area contributed by atoms with Gasteiger partial charge in [0.2, 0.25) is 0 Å². The number of amides is 1. The average molecular weight is 429 g/mol. The number of nitro benzene ring substituents is 1. The van der Waals surface area contributed by atoms with Crippen LogP contribution in [-0.2, 0) is 0 Å². The Balaban J connectivity index is 1.54. The van der Waals surface area contributed by atoms with Gasteiger partial charge in [0.1, 0.15) is 0 Å². The predicted molar refractivity (Wildman–Crippen MR) is 123 cm³/mol. The largest absolute Gasteiger partial charge is 0.346 e. The van der Waals surface area contributed by atoms with E-state index < -0.39 is 4.92 Å². The van der Waals surface area contributed by atoms with Gasteiger partial charge in [-0.1, -0.05) is 66.4 Å². The molecule has 31 heavy (non-hydrogen) atoms. The first-order chi connectivity index (χ1) is 15.0. The lowest BCUT2D eigenvalue weighted by molar-refractivity contribution is -0.387. The second kappa shape index (κ2) is 9.02. The van der Waals surface area contributed by atoms with Gasteiger partial charge in [-0.15, -0.1) is 0 Å². The van der Waals surface area contributed by atoms with Crippen molar-refractivity contribution >= 4 is 34.1 Å². The van der Waals surface area contributed by atoms with Crippen molar-refractivity contribution in [2.45, 2.75) is 22.8 Å². The number of carbonyl (C=O) groups excluding carboxylic acids is 1. The van der Waals surface area contributed by atoms with Gasteiger partial charge in [-0.3, -0.25) is 14.9 Å². The average Bonchev–Trinajstić information content (AvgIpc) is 2.79. The van der Waals surface area contributed by atoms with E-state index in [1.807, 2.05) is 79.7 Å². The van der Waals surface area contributed by atoms with Gasteiger partial charge in [0.05, 0.1) is 15.9 Å². The van der Waals surface area contributed by atoms with Gasteiger partial charge < -0.3 is 5.32 Å². The summed E-state index contributed by atoms with van der Waals surface area (Å²) in [7, 11) is 0. The summed E-state index contributed by atoms with van der Waals surface area (Å²) in [5.41, 5.74) is 1.15. The fourth-order valence-corrected chi connectivity index (χ4v) is 4.26. The lowest BCUT2D eigenvalue weighted by atomic mass is 10.0. The molecular formula is C25H20N2O3S. The molecule has 0 saturated heterocycles. The molecule has 0 bridgehead atoms. The summed E-state index contributed by atoms with van der Waals surface area (Å²) < 4.78 is 0. The predicted octanol–water partition coefficient (Wildman–Crippen LogP) is 6.39. The van der Waals surface area contributed by atoms with Crippen molar-refractivity contribution in [3.8, 4) is 0 Å². The van der Waals surface area contributed by atoms with Gasteiger partial charge in [0, 0.05) is 16.5 Å². The van der Waals surface area contributed by atoms with Gasteiger partial charge >= 0.3 is 0 Å². The Morgan fingerprint density at radius 2 is 1.61 bits per heavy atom. The van der Waals surface area contributed by atoms with Crippen LogP contribution in [-0.4, -0.2) is 10.8 Å². The Hall–Kier alpha value is -3.64. The third kappa shape index (κ3) is 4.75. The van der Waals surface area contributed by atoms with Crippen LogP contribution in [0.3, 0.4) is 0 Å². The maximum atomic E-state index is 12.8. The molecule has 0 heterocycles. The van der Waals surface area contributed by atoms with Gasteiger partial charge in [0.15, 0.2) is 0 Å². The molecule has 6 heteroatoms. The van der Waals surface area contributed by atoms with Crippen LogP contribution < -0.4 is 5.32 Å². The van der Waals surface area contributed by atoms with Gasteiger partial charge in [-0.25, -0.2) is 0 Å². The van der Waals surface area contributed by atoms with Gasteiger partial charge in [-0.05, 0) is 53.6 Å². The molecule has 5 nitrogen and oxygen atoms in total. The summed E-state index contributed by atoms with van der Waals surface area (Å²) in [5, 5.41) is 16.8. The highest BCUT2D eigenvalue weighted by Gasteiger charge is 2.20. The van der Waals surface area contributed by atoms with Crippen LogP contribution in [0, 0.1) is 10.1 Å². The second-order valence-electron chi connectivity index (χ2n) is 7.16. The van der Waals surface area contributed by atoms with E-state index in [9.17, 15) is 14.9 Å². The number of rotatable bonds is 6. The first-order valence-corrected chi connectivity index (χ1v) is 10.6. The first-order valence-electron chi connectivity index (χ1n) is 9.82.